The van der Waals surface area contributed by atoms with E-state index in [4.69, 9.17) is 9.97 Å². The molecule has 224 valence electrons. The number of aromatic nitrogens is 3. The molecule has 8 nitrogen and oxygen atoms in total. The fourth-order valence-corrected chi connectivity index (χ4v) is 12.3. The largest absolute Gasteiger partial charge is 0.369 e. The normalized spacial score (nSPS) is 18.2. The maximum absolute atomic E-state index is 13.6. The smallest absolute Gasteiger partial charge is 0.253 e. The third-order valence-electron chi connectivity index (χ3n) is 9.46. The van der Waals surface area contributed by atoms with Crippen LogP contribution in [0.2, 0.25) is 16.6 Å². The van der Waals surface area contributed by atoms with Crippen molar-refractivity contribution in [2.75, 3.05) is 56.5 Å². The van der Waals surface area contributed by atoms with Crippen molar-refractivity contribution < 1.29 is 0 Å². The first-order valence-electron chi connectivity index (χ1n) is 15.6. The minimum atomic E-state index is -1.98. The van der Waals surface area contributed by atoms with Crippen LogP contribution in [0, 0.1) is 11.5 Å². The summed E-state index contributed by atoms with van der Waals surface area (Å²) in [5.41, 5.74) is 8.81. The molecule has 9 heteroatoms. The molecule has 2 fully saturated rings. The molecule has 3 aromatic rings. The van der Waals surface area contributed by atoms with Crippen LogP contribution in [-0.2, 0) is 0 Å². The second-order valence-corrected chi connectivity index (χ2v) is 18.5. The summed E-state index contributed by atoms with van der Waals surface area (Å²) in [5.74, 6) is 4.00. The van der Waals surface area contributed by atoms with Crippen LogP contribution in [0.1, 0.15) is 59.6 Å². The molecule has 42 heavy (non-hydrogen) atoms. The van der Waals surface area contributed by atoms with Crippen molar-refractivity contribution in [3.63, 3.8) is 0 Å². The molecule has 0 radical (unpaired) electrons. The third kappa shape index (κ3) is 5.98. The van der Waals surface area contributed by atoms with Crippen molar-refractivity contribution in [1.82, 2.24) is 24.8 Å². The van der Waals surface area contributed by atoms with Crippen LogP contribution in [0.5, 0.6) is 0 Å². The number of nitrogens with one attached hydrogen (secondary N) is 2. The minimum absolute atomic E-state index is 0.0485. The molecule has 0 spiro atoms. The highest BCUT2D eigenvalue weighted by Crippen LogP contribution is 2.41. The van der Waals surface area contributed by atoms with Crippen molar-refractivity contribution in [3.05, 3.63) is 52.4 Å². The van der Waals surface area contributed by atoms with Gasteiger partial charge in [0.1, 0.15) is 13.7 Å². The maximum atomic E-state index is 13.6. The van der Waals surface area contributed by atoms with Crippen LogP contribution < -0.4 is 21.1 Å². The number of rotatable bonds is 7. The first-order chi connectivity index (χ1) is 20.1. The summed E-state index contributed by atoms with van der Waals surface area (Å²) in [5, 5.41) is 7.62. The second-order valence-electron chi connectivity index (χ2n) is 13.0. The van der Waals surface area contributed by atoms with Gasteiger partial charge in [-0.25, -0.2) is 4.98 Å². The Hall–Kier alpha value is -3.19. The van der Waals surface area contributed by atoms with Gasteiger partial charge < -0.3 is 20.4 Å². The van der Waals surface area contributed by atoms with Crippen LogP contribution in [-0.4, -0.2) is 73.8 Å². The summed E-state index contributed by atoms with van der Waals surface area (Å²) in [6.07, 6.45) is 2.74. The van der Waals surface area contributed by atoms with E-state index < -0.39 is 8.07 Å². The number of likely N-dealkylation sites (N-methyl/N-ethyl adjacent to an activating group) is 1. The van der Waals surface area contributed by atoms with E-state index in [-0.39, 0.29) is 11.6 Å². The van der Waals surface area contributed by atoms with Gasteiger partial charge in [-0.3, -0.25) is 9.36 Å². The van der Waals surface area contributed by atoms with Gasteiger partial charge in [0.15, 0.2) is 0 Å². The number of hydrogen-bond donors (Lipinski definition) is 2. The fourth-order valence-electron chi connectivity index (χ4n) is 7.06. The van der Waals surface area contributed by atoms with Gasteiger partial charge in [-0.2, -0.15) is 4.98 Å². The standard InChI is InChI=1S/C33H47N7OSi/c1-23(2)42(24(3)4,25(5)6)19-13-26-20-31(41)40(29-12-14-34-21-29)32-30(26)22-35-33(37-32)36-27-8-10-28(11-9-27)39-17-15-38(7)16-18-39/h8-11,20,22-25,29,34H,12,14-18,21H2,1-7H3,(H,35,36,37). The topological polar surface area (TPSA) is 78.3 Å². The fraction of sp³-hybridized carbons (Fsp3) is 0.545. The number of hydrogen-bond acceptors (Lipinski definition) is 7. The lowest BCUT2D eigenvalue weighted by molar-refractivity contribution is 0.313. The molecule has 2 aromatic heterocycles. The number of piperazine rings is 1. The molecule has 2 aliphatic heterocycles. The van der Waals surface area contributed by atoms with Gasteiger partial charge in [0, 0.05) is 61.9 Å². The van der Waals surface area contributed by atoms with E-state index in [9.17, 15) is 4.79 Å². The van der Waals surface area contributed by atoms with Crippen molar-refractivity contribution in [3.8, 4) is 11.5 Å². The van der Waals surface area contributed by atoms with Crippen LogP contribution in [0.25, 0.3) is 11.0 Å². The van der Waals surface area contributed by atoms with Gasteiger partial charge >= 0.3 is 0 Å². The second kappa shape index (κ2) is 12.6. The van der Waals surface area contributed by atoms with Gasteiger partial charge in [0.25, 0.3) is 5.56 Å². The van der Waals surface area contributed by atoms with E-state index in [1.807, 2.05) is 10.8 Å². The lowest BCUT2D eigenvalue weighted by atomic mass is 10.1. The van der Waals surface area contributed by atoms with E-state index in [1.54, 1.807) is 6.07 Å². The Bertz CT molecular complexity index is 1480. The maximum Gasteiger partial charge on any atom is 0.253 e. The first kappa shape index (κ1) is 30.3. The van der Waals surface area contributed by atoms with Crippen molar-refractivity contribution >= 4 is 36.4 Å². The molecule has 1 unspecified atom stereocenters. The highest BCUT2D eigenvalue weighted by Gasteiger charge is 2.41. The van der Waals surface area contributed by atoms with Crippen LogP contribution in [0.3, 0.4) is 0 Å². The molecule has 2 saturated heterocycles. The Morgan fingerprint density at radius 2 is 1.67 bits per heavy atom. The summed E-state index contributed by atoms with van der Waals surface area (Å²) >= 11 is 0. The van der Waals surface area contributed by atoms with Crippen molar-refractivity contribution in [2.24, 2.45) is 0 Å². The first-order valence-corrected chi connectivity index (χ1v) is 17.8. The number of pyridine rings is 1. The summed E-state index contributed by atoms with van der Waals surface area (Å²) in [4.78, 5) is 28.1. The Morgan fingerprint density at radius 1 is 1.00 bits per heavy atom. The molecule has 0 aliphatic carbocycles. The zero-order valence-electron chi connectivity index (χ0n) is 26.4. The Kier molecular flexibility index (Phi) is 9.07. The highest BCUT2D eigenvalue weighted by atomic mass is 28.3. The molecule has 2 N–H and O–H groups in total. The van der Waals surface area contributed by atoms with E-state index in [0.717, 1.165) is 62.3 Å². The minimum Gasteiger partial charge on any atom is -0.369 e. The van der Waals surface area contributed by atoms with E-state index in [1.165, 1.54) is 5.69 Å². The monoisotopic (exact) mass is 585 g/mol. The predicted octanol–water partition coefficient (Wildman–Crippen LogP) is 5.39. The highest BCUT2D eigenvalue weighted by molar-refractivity contribution is 6.90. The Morgan fingerprint density at radius 3 is 2.26 bits per heavy atom. The summed E-state index contributed by atoms with van der Waals surface area (Å²) < 4.78 is 1.85. The molecule has 5 rings (SSSR count). The molecular formula is C33H47N7OSi. The van der Waals surface area contributed by atoms with Gasteiger partial charge in [0.05, 0.1) is 11.4 Å². The number of benzene rings is 1. The molecule has 0 amide bonds. The molecule has 1 atom stereocenters. The zero-order valence-corrected chi connectivity index (χ0v) is 27.4. The number of anilines is 3. The molecule has 4 heterocycles. The average Bonchev–Trinajstić information content (AvgIpc) is 3.48. The van der Waals surface area contributed by atoms with E-state index in [2.05, 4.69) is 105 Å². The van der Waals surface area contributed by atoms with Crippen molar-refractivity contribution in [1.29, 1.82) is 0 Å². The molecule has 0 bridgehead atoms. The molecule has 2 aliphatic rings. The summed E-state index contributed by atoms with van der Waals surface area (Å²) in [6, 6.07) is 10.2. The lowest BCUT2D eigenvalue weighted by Gasteiger charge is -2.38. The predicted molar refractivity (Wildman–Crippen MR) is 178 cm³/mol. The van der Waals surface area contributed by atoms with E-state index >= 15 is 0 Å². The summed E-state index contributed by atoms with van der Waals surface area (Å²) in [6.45, 7) is 19.7. The van der Waals surface area contributed by atoms with E-state index in [0.29, 0.717) is 28.2 Å². The van der Waals surface area contributed by atoms with Gasteiger partial charge in [-0.05, 0) is 60.9 Å². The van der Waals surface area contributed by atoms with Gasteiger partial charge in [-0.1, -0.05) is 47.5 Å². The Balaban J connectivity index is 1.52. The number of nitrogens with zero attached hydrogens (tertiary/aromatic N) is 5. The van der Waals surface area contributed by atoms with Crippen LogP contribution >= 0.6 is 0 Å². The van der Waals surface area contributed by atoms with Gasteiger partial charge in [-0.15, -0.1) is 5.54 Å². The SMILES string of the molecule is CC(C)[Si](C#Cc1cc(=O)n(C2CCNC2)c2nc(Nc3ccc(N4CCN(C)CC4)cc3)ncc12)(C(C)C)C(C)C. The summed E-state index contributed by atoms with van der Waals surface area (Å²) in [7, 11) is 0.195. The Labute approximate surface area is 251 Å². The van der Waals surface area contributed by atoms with Gasteiger partial charge in [0.2, 0.25) is 5.95 Å². The molecular weight excluding hydrogens is 538 g/mol. The quantitative estimate of drug-likeness (QED) is 0.284. The number of fused-ring (bicyclic) bond motifs is 1. The van der Waals surface area contributed by atoms with Crippen molar-refractivity contribution in [2.45, 2.75) is 70.6 Å². The average molecular weight is 586 g/mol. The zero-order chi connectivity index (χ0) is 30.0. The lowest BCUT2D eigenvalue weighted by Crippen LogP contribution is -2.44. The third-order valence-corrected chi connectivity index (χ3v) is 15.8. The molecule has 0 saturated carbocycles. The van der Waals surface area contributed by atoms with Crippen LogP contribution in [0.15, 0.2) is 41.3 Å². The molecule has 1 aromatic carbocycles. The van der Waals surface area contributed by atoms with Crippen LogP contribution in [0.4, 0.5) is 17.3 Å².